The van der Waals surface area contributed by atoms with E-state index in [0.29, 0.717) is 28.4 Å². The minimum absolute atomic E-state index is 0.0629. The van der Waals surface area contributed by atoms with Crippen LogP contribution < -0.4 is 20.1 Å². The first-order chi connectivity index (χ1) is 16.0. The second kappa shape index (κ2) is 11.2. The number of amides is 2. The Hall–Kier alpha value is -4.57. The molecule has 0 saturated heterocycles. The molecule has 0 heterocycles. The average molecular weight is 441 g/mol. The summed E-state index contributed by atoms with van der Waals surface area (Å²) in [6.07, 6.45) is 1.47. The highest BCUT2D eigenvalue weighted by Gasteiger charge is 2.12. The van der Waals surface area contributed by atoms with Gasteiger partial charge in [0.2, 0.25) is 0 Å². The number of nitrogens with one attached hydrogen (secondary N) is 2. The van der Waals surface area contributed by atoms with Crippen LogP contribution in [0.15, 0.2) is 78.4 Å². The van der Waals surface area contributed by atoms with Crippen LogP contribution in [0, 0.1) is 18.3 Å². The van der Waals surface area contributed by atoms with Gasteiger partial charge in [0, 0.05) is 5.69 Å². The lowest BCUT2D eigenvalue weighted by Crippen LogP contribution is -2.20. The Kier molecular flexibility index (Phi) is 7.81. The highest BCUT2D eigenvalue weighted by atomic mass is 16.5. The number of hydrogen-bond donors (Lipinski definition) is 2. The van der Waals surface area contributed by atoms with Gasteiger partial charge in [-0.25, -0.2) is 0 Å². The Bertz CT molecular complexity index is 1190. The highest BCUT2D eigenvalue weighted by molar-refractivity contribution is 6.10. The van der Waals surface area contributed by atoms with Crippen molar-refractivity contribution in [3.05, 3.63) is 89.5 Å². The smallest absolute Gasteiger partial charge is 0.266 e. The predicted molar refractivity (Wildman–Crippen MR) is 127 cm³/mol. The van der Waals surface area contributed by atoms with Crippen molar-refractivity contribution < 1.29 is 19.1 Å². The minimum Gasteiger partial charge on any atom is -0.495 e. The number of para-hydroxylation sites is 2. The number of carbonyl (C=O) groups excluding carboxylic acids is 2. The van der Waals surface area contributed by atoms with E-state index in [1.165, 1.54) is 13.2 Å². The summed E-state index contributed by atoms with van der Waals surface area (Å²) >= 11 is 0. The fraction of sp³-hybridized carbons (Fsp3) is 0.115. The van der Waals surface area contributed by atoms with Crippen molar-refractivity contribution in [2.24, 2.45) is 0 Å². The molecule has 0 radical (unpaired) electrons. The van der Waals surface area contributed by atoms with Crippen molar-refractivity contribution in [2.75, 3.05) is 24.4 Å². The fourth-order valence-corrected chi connectivity index (χ4v) is 2.90. The van der Waals surface area contributed by atoms with Gasteiger partial charge in [0.25, 0.3) is 11.8 Å². The lowest BCUT2D eigenvalue weighted by Gasteiger charge is -2.09. The van der Waals surface area contributed by atoms with Crippen molar-refractivity contribution in [1.82, 2.24) is 0 Å². The molecule has 0 aliphatic carbocycles. The molecular weight excluding hydrogens is 418 g/mol. The summed E-state index contributed by atoms with van der Waals surface area (Å²) in [7, 11) is 1.50. The summed E-state index contributed by atoms with van der Waals surface area (Å²) in [5, 5.41) is 14.9. The maximum atomic E-state index is 12.5. The van der Waals surface area contributed by atoms with E-state index in [-0.39, 0.29) is 18.1 Å². The summed E-state index contributed by atoms with van der Waals surface area (Å²) in [6, 6.07) is 23.0. The zero-order chi connectivity index (χ0) is 23.6. The normalized spacial score (nSPS) is 10.6. The number of hydrogen-bond acceptors (Lipinski definition) is 5. The fourth-order valence-electron chi connectivity index (χ4n) is 2.90. The molecule has 3 aromatic rings. The quantitative estimate of drug-likeness (QED) is 0.394. The van der Waals surface area contributed by atoms with E-state index < -0.39 is 5.91 Å². The van der Waals surface area contributed by atoms with Gasteiger partial charge in [-0.3, -0.25) is 9.59 Å². The first kappa shape index (κ1) is 23.1. The van der Waals surface area contributed by atoms with Gasteiger partial charge in [0.1, 0.15) is 23.1 Å². The van der Waals surface area contributed by atoms with Crippen molar-refractivity contribution in [2.45, 2.75) is 6.92 Å². The molecule has 3 aromatic carbocycles. The van der Waals surface area contributed by atoms with E-state index in [9.17, 15) is 14.9 Å². The highest BCUT2D eigenvalue weighted by Crippen LogP contribution is 2.24. The van der Waals surface area contributed by atoms with E-state index in [4.69, 9.17) is 9.47 Å². The average Bonchev–Trinajstić information content (AvgIpc) is 2.83. The van der Waals surface area contributed by atoms with Crippen LogP contribution in [0.1, 0.15) is 11.1 Å². The van der Waals surface area contributed by atoms with Gasteiger partial charge < -0.3 is 20.1 Å². The SMILES string of the molecule is COc1ccccc1NC(=O)/C(C#N)=C/c1ccc(OCC(=O)Nc2ccc(C)cc2)cc1. The summed E-state index contributed by atoms with van der Waals surface area (Å²) in [5.41, 5.74) is 2.85. The van der Waals surface area contributed by atoms with Crippen molar-refractivity contribution in [1.29, 1.82) is 5.26 Å². The third-order valence-electron chi connectivity index (χ3n) is 4.62. The second-order valence-corrected chi connectivity index (χ2v) is 7.10. The number of carbonyl (C=O) groups is 2. The molecule has 0 aliphatic rings. The predicted octanol–water partition coefficient (Wildman–Crippen LogP) is 4.57. The van der Waals surface area contributed by atoms with E-state index in [2.05, 4.69) is 10.6 Å². The molecule has 0 fully saturated rings. The van der Waals surface area contributed by atoms with Gasteiger partial charge in [-0.05, 0) is 55.0 Å². The number of nitriles is 1. The second-order valence-electron chi connectivity index (χ2n) is 7.10. The monoisotopic (exact) mass is 441 g/mol. The van der Waals surface area contributed by atoms with Crippen LogP contribution in [0.5, 0.6) is 11.5 Å². The van der Waals surface area contributed by atoms with Crippen LogP contribution in [0.4, 0.5) is 11.4 Å². The first-order valence-electron chi connectivity index (χ1n) is 10.1. The number of aryl methyl sites for hydroxylation is 1. The van der Waals surface area contributed by atoms with Crippen LogP contribution in [0.3, 0.4) is 0 Å². The molecule has 2 amide bonds. The van der Waals surface area contributed by atoms with Crippen molar-refractivity contribution in [3.63, 3.8) is 0 Å². The van der Waals surface area contributed by atoms with E-state index in [0.717, 1.165) is 5.56 Å². The number of methoxy groups -OCH3 is 1. The van der Waals surface area contributed by atoms with Crippen LogP contribution in [0.2, 0.25) is 0 Å². The molecule has 7 heteroatoms. The molecule has 166 valence electrons. The lowest BCUT2D eigenvalue weighted by atomic mass is 10.1. The van der Waals surface area contributed by atoms with Crippen LogP contribution in [0.25, 0.3) is 6.08 Å². The van der Waals surface area contributed by atoms with Crippen LogP contribution in [-0.2, 0) is 9.59 Å². The Morgan fingerprint density at radius 1 is 0.970 bits per heavy atom. The first-order valence-corrected chi connectivity index (χ1v) is 10.1. The standard InChI is InChI=1S/C26H23N3O4/c1-18-7-11-21(12-8-18)28-25(30)17-33-22-13-9-19(10-14-22)15-20(16-27)26(31)29-23-5-3-4-6-24(23)32-2/h3-15H,17H2,1-2H3,(H,28,30)(H,29,31)/b20-15+. The molecule has 33 heavy (non-hydrogen) atoms. The zero-order valence-corrected chi connectivity index (χ0v) is 18.3. The Morgan fingerprint density at radius 2 is 1.67 bits per heavy atom. The molecule has 0 atom stereocenters. The largest absolute Gasteiger partial charge is 0.495 e. The van der Waals surface area contributed by atoms with Gasteiger partial charge in [-0.2, -0.15) is 5.26 Å². The molecule has 0 bridgehead atoms. The van der Waals surface area contributed by atoms with E-state index in [1.54, 1.807) is 48.5 Å². The maximum absolute atomic E-state index is 12.5. The van der Waals surface area contributed by atoms with Crippen LogP contribution in [-0.4, -0.2) is 25.5 Å². The molecule has 0 spiro atoms. The maximum Gasteiger partial charge on any atom is 0.266 e. The van der Waals surface area contributed by atoms with E-state index >= 15 is 0 Å². The Labute approximate surface area is 192 Å². The zero-order valence-electron chi connectivity index (χ0n) is 18.3. The molecular formula is C26H23N3O4. The molecule has 2 N–H and O–H groups in total. The van der Waals surface area contributed by atoms with E-state index in [1.807, 2.05) is 37.3 Å². The Morgan fingerprint density at radius 3 is 2.33 bits per heavy atom. The molecule has 3 rings (SSSR count). The molecule has 7 nitrogen and oxygen atoms in total. The van der Waals surface area contributed by atoms with Gasteiger partial charge in [-0.1, -0.05) is 42.0 Å². The number of rotatable bonds is 8. The number of anilines is 2. The topological polar surface area (TPSA) is 100 Å². The summed E-state index contributed by atoms with van der Waals surface area (Å²) in [5.74, 6) is 0.164. The third-order valence-corrected chi connectivity index (χ3v) is 4.62. The third kappa shape index (κ3) is 6.71. The molecule has 0 aromatic heterocycles. The molecule has 0 aliphatic heterocycles. The van der Waals surface area contributed by atoms with Gasteiger partial charge in [-0.15, -0.1) is 0 Å². The Balaban J connectivity index is 1.58. The summed E-state index contributed by atoms with van der Waals surface area (Å²) in [4.78, 5) is 24.6. The van der Waals surface area contributed by atoms with Gasteiger partial charge in [0.15, 0.2) is 6.61 Å². The van der Waals surface area contributed by atoms with Crippen molar-refractivity contribution >= 4 is 29.3 Å². The van der Waals surface area contributed by atoms with Gasteiger partial charge >= 0.3 is 0 Å². The minimum atomic E-state index is -0.546. The van der Waals surface area contributed by atoms with Crippen LogP contribution >= 0.6 is 0 Å². The molecule has 0 unspecified atom stereocenters. The number of ether oxygens (including phenoxy) is 2. The number of nitrogens with zero attached hydrogens (tertiary/aromatic N) is 1. The van der Waals surface area contributed by atoms with Crippen molar-refractivity contribution in [3.8, 4) is 17.6 Å². The summed E-state index contributed by atoms with van der Waals surface area (Å²) < 4.78 is 10.7. The number of benzene rings is 3. The van der Waals surface area contributed by atoms with Gasteiger partial charge in [0.05, 0.1) is 12.8 Å². The summed E-state index contributed by atoms with van der Waals surface area (Å²) in [6.45, 7) is 1.83. The lowest BCUT2D eigenvalue weighted by molar-refractivity contribution is -0.118. The molecule has 0 saturated carbocycles.